The standard InChI is InChI=1S/C9H13N3O/c10-5-8-3-4-11-12-9(8)13-6-7-1-2-7/h3-4,7H,1-2,5-6,10H2. The summed E-state index contributed by atoms with van der Waals surface area (Å²) in [5.74, 6) is 1.32. The highest BCUT2D eigenvalue weighted by Gasteiger charge is 2.22. The molecule has 1 aliphatic carbocycles. The Morgan fingerprint density at radius 3 is 3.08 bits per heavy atom. The van der Waals surface area contributed by atoms with Gasteiger partial charge in [-0.25, -0.2) is 0 Å². The van der Waals surface area contributed by atoms with Crippen molar-refractivity contribution < 1.29 is 4.74 Å². The predicted molar refractivity (Wildman–Crippen MR) is 48.1 cm³/mol. The molecule has 1 fully saturated rings. The second-order valence-corrected chi connectivity index (χ2v) is 3.32. The summed E-state index contributed by atoms with van der Waals surface area (Å²) in [5.41, 5.74) is 6.45. The fourth-order valence-electron chi connectivity index (χ4n) is 1.10. The molecule has 2 rings (SSSR count). The summed E-state index contributed by atoms with van der Waals surface area (Å²) in [4.78, 5) is 0. The van der Waals surface area contributed by atoms with Crippen LogP contribution >= 0.6 is 0 Å². The molecular formula is C9H13N3O. The Bertz CT molecular complexity index is 286. The molecule has 1 saturated carbocycles. The van der Waals surface area contributed by atoms with Gasteiger partial charge in [0.25, 0.3) is 0 Å². The zero-order chi connectivity index (χ0) is 9.10. The number of aromatic nitrogens is 2. The monoisotopic (exact) mass is 179 g/mol. The van der Waals surface area contributed by atoms with Gasteiger partial charge >= 0.3 is 0 Å². The third-order valence-electron chi connectivity index (χ3n) is 2.14. The van der Waals surface area contributed by atoms with Crippen molar-refractivity contribution in [2.45, 2.75) is 19.4 Å². The summed E-state index contributed by atoms with van der Waals surface area (Å²) in [7, 11) is 0. The van der Waals surface area contributed by atoms with E-state index in [0.29, 0.717) is 12.4 Å². The predicted octanol–water partition coefficient (Wildman–Crippen LogP) is 0.724. The van der Waals surface area contributed by atoms with Crippen molar-refractivity contribution >= 4 is 0 Å². The number of rotatable bonds is 4. The normalized spacial score (nSPS) is 15.8. The molecule has 2 N–H and O–H groups in total. The molecule has 4 nitrogen and oxygen atoms in total. The minimum atomic E-state index is 0.454. The third-order valence-corrected chi connectivity index (χ3v) is 2.14. The lowest BCUT2D eigenvalue weighted by atomic mass is 10.3. The van der Waals surface area contributed by atoms with E-state index < -0.39 is 0 Å². The van der Waals surface area contributed by atoms with Gasteiger partial charge in [-0.05, 0) is 24.8 Å². The molecule has 4 heteroatoms. The minimum absolute atomic E-state index is 0.454. The maximum atomic E-state index is 5.52. The highest BCUT2D eigenvalue weighted by Crippen LogP contribution is 2.29. The lowest BCUT2D eigenvalue weighted by molar-refractivity contribution is 0.282. The molecule has 0 aliphatic heterocycles. The van der Waals surface area contributed by atoms with Crippen molar-refractivity contribution in [1.29, 1.82) is 0 Å². The van der Waals surface area contributed by atoms with Gasteiger partial charge in [0, 0.05) is 12.1 Å². The van der Waals surface area contributed by atoms with Gasteiger partial charge in [0.1, 0.15) is 0 Å². The van der Waals surface area contributed by atoms with Crippen molar-refractivity contribution in [2.75, 3.05) is 6.61 Å². The minimum Gasteiger partial charge on any atom is -0.476 e. The van der Waals surface area contributed by atoms with Crippen LogP contribution in [0.1, 0.15) is 18.4 Å². The van der Waals surface area contributed by atoms with Gasteiger partial charge in [-0.1, -0.05) is 0 Å². The van der Waals surface area contributed by atoms with E-state index in [2.05, 4.69) is 10.2 Å². The van der Waals surface area contributed by atoms with Gasteiger partial charge in [0.2, 0.25) is 5.88 Å². The molecule has 1 aliphatic rings. The van der Waals surface area contributed by atoms with Crippen LogP contribution in [-0.4, -0.2) is 16.8 Å². The molecule has 1 aromatic heterocycles. The van der Waals surface area contributed by atoms with Crippen LogP contribution in [0, 0.1) is 5.92 Å². The first kappa shape index (κ1) is 8.44. The summed E-state index contributed by atoms with van der Waals surface area (Å²) in [6.45, 7) is 1.21. The maximum absolute atomic E-state index is 5.52. The van der Waals surface area contributed by atoms with E-state index in [1.165, 1.54) is 12.8 Å². The molecule has 70 valence electrons. The Morgan fingerprint density at radius 2 is 2.38 bits per heavy atom. The van der Waals surface area contributed by atoms with E-state index in [9.17, 15) is 0 Å². The van der Waals surface area contributed by atoms with E-state index in [4.69, 9.17) is 10.5 Å². The van der Waals surface area contributed by atoms with E-state index >= 15 is 0 Å². The van der Waals surface area contributed by atoms with Crippen LogP contribution in [0.3, 0.4) is 0 Å². The number of nitrogens with two attached hydrogens (primary N) is 1. The molecule has 1 aromatic rings. The molecule has 0 unspecified atom stereocenters. The first-order valence-electron chi connectivity index (χ1n) is 4.53. The fourth-order valence-corrected chi connectivity index (χ4v) is 1.10. The summed E-state index contributed by atoms with van der Waals surface area (Å²) in [6, 6.07) is 1.84. The van der Waals surface area contributed by atoms with Crippen LogP contribution in [0.5, 0.6) is 5.88 Å². The largest absolute Gasteiger partial charge is 0.476 e. The van der Waals surface area contributed by atoms with Gasteiger partial charge in [-0.2, -0.15) is 5.10 Å². The van der Waals surface area contributed by atoms with Crippen LogP contribution in [0.4, 0.5) is 0 Å². The quantitative estimate of drug-likeness (QED) is 0.740. The summed E-state index contributed by atoms with van der Waals surface area (Å²) >= 11 is 0. The second-order valence-electron chi connectivity index (χ2n) is 3.32. The molecular weight excluding hydrogens is 166 g/mol. The lowest BCUT2D eigenvalue weighted by Gasteiger charge is -2.06. The van der Waals surface area contributed by atoms with Gasteiger partial charge in [0.05, 0.1) is 12.8 Å². The molecule has 13 heavy (non-hydrogen) atoms. The van der Waals surface area contributed by atoms with Crippen LogP contribution in [0.2, 0.25) is 0 Å². The number of nitrogens with zero attached hydrogens (tertiary/aromatic N) is 2. The Hall–Kier alpha value is -1.16. The molecule has 0 aromatic carbocycles. The topological polar surface area (TPSA) is 61.0 Å². The van der Waals surface area contributed by atoms with E-state index in [1.54, 1.807) is 6.20 Å². The number of hydrogen-bond acceptors (Lipinski definition) is 4. The number of hydrogen-bond donors (Lipinski definition) is 1. The van der Waals surface area contributed by atoms with Crippen molar-refractivity contribution in [3.63, 3.8) is 0 Å². The van der Waals surface area contributed by atoms with Gasteiger partial charge in [0.15, 0.2) is 0 Å². The summed E-state index contributed by atoms with van der Waals surface area (Å²) < 4.78 is 5.50. The summed E-state index contributed by atoms with van der Waals surface area (Å²) in [5, 5.41) is 7.66. The van der Waals surface area contributed by atoms with E-state index in [-0.39, 0.29) is 0 Å². The zero-order valence-corrected chi connectivity index (χ0v) is 7.44. The molecule has 0 atom stereocenters. The zero-order valence-electron chi connectivity index (χ0n) is 7.44. The van der Waals surface area contributed by atoms with E-state index in [1.807, 2.05) is 6.07 Å². The van der Waals surface area contributed by atoms with Crippen molar-refractivity contribution in [3.8, 4) is 5.88 Å². The molecule has 0 saturated heterocycles. The Kier molecular flexibility index (Phi) is 2.40. The van der Waals surface area contributed by atoms with Crippen molar-refractivity contribution in [2.24, 2.45) is 11.7 Å². The van der Waals surface area contributed by atoms with Crippen LogP contribution in [0.15, 0.2) is 12.3 Å². The Labute approximate surface area is 77.1 Å². The van der Waals surface area contributed by atoms with Crippen molar-refractivity contribution in [1.82, 2.24) is 10.2 Å². The summed E-state index contributed by atoms with van der Waals surface area (Å²) in [6.07, 6.45) is 4.18. The molecule has 0 radical (unpaired) electrons. The third kappa shape index (κ3) is 2.15. The van der Waals surface area contributed by atoms with Crippen LogP contribution < -0.4 is 10.5 Å². The smallest absolute Gasteiger partial charge is 0.237 e. The highest BCUT2D eigenvalue weighted by molar-refractivity contribution is 5.22. The Balaban J connectivity index is 1.99. The van der Waals surface area contributed by atoms with Gasteiger partial charge in [-0.3, -0.25) is 0 Å². The van der Waals surface area contributed by atoms with Crippen LogP contribution in [-0.2, 0) is 6.54 Å². The SMILES string of the molecule is NCc1ccnnc1OCC1CC1. The maximum Gasteiger partial charge on any atom is 0.237 e. The molecule has 0 amide bonds. The van der Waals surface area contributed by atoms with Crippen LogP contribution in [0.25, 0.3) is 0 Å². The lowest BCUT2D eigenvalue weighted by Crippen LogP contribution is -2.07. The average Bonchev–Trinajstić information content (AvgIpc) is 2.99. The van der Waals surface area contributed by atoms with Gasteiger partial charge < -0.3 is 10.5 Å². The highest BCUT2D eigenvalue weighted by atomic mass is 16.5. The molecule has 0 bridgehead atoms. The number of ether oxygens (including phenoxy) is 1. The Morgan fingerprint density at radius 1 is 1.54 bits per heavy atom. The second kappa shape index (κ2) is 3.70. The molecule has 0 spiro atoms. The first-order valence-corrected chi connectivity index (χ1v) is 4.53. The first-order chi connectivity index (χ1) is 6.40. The fraction of sp³-hybridized carbons (Fsp3) is 0.556. The van der Waals surface area contributed by atoms with Gasteiger partial charge in [-0.15, -0.1) is 5.10 Å². The van der Waals surface area contributed by atoms with E-state index in [0.717, 1.165) is 18.1 Å². The van der Waals surface area contributed by atoms with Crippen molar-refractivity contribution in [3.05, 3.63) is 17.8 Å². The average molecular weight is 179 g/mol. The molecule has 1 heterocycles.